The van der Waals surface area contributed by atoms with E-state index in [1.165, 1.54) is 0 Å². The fourth-order valence-electron chi connectivity index (χ4n) is 6.36. The SMILES string of the molecule is Cc1ccccc1NC(=O)OC(COc1ccccc1)COc1c2ccccc2c(OCC(COc2ccccc2)OC(=O)Nc2ccccc2C)c2ccccc12. The number of para-hydroxylation sites is 4. The van der Waals surface area contributed by atoms with E-state index < -0.39 is 24.4 Å². The molecule has 7 aromatic carbocycles. The second kappa shape index (κ2) is 19.1. The van der Waals surface area contributed by atoms with Gasteiger partial charge in [-0.05, 0) is 61.4 Å². The topological polar surface area (TPSA) is 114 Å². The van der Waals surface area contributed by atoms with E-state index in [0.29, 0.717) is 34.4 Å². The lowest BCUT2D eigenvalue weighted by molar-refractivity contribution is 0.0430. The molecule has 10 nitrogen and oxygen atoms in total. The van der Waals surface area contributed by atoms with Crippen LogP contribution in [0, 0.1) is 13.8 Å². The van der Waals surface area contributed by atoms with Crippen LogP contribution in [-0.2, 0) is 9.47 Å². The molecule has 0 aliphatic carbocycles. The van der Waals surface area contributed by atoms with Crippen molar-refractivity contribution in [2.24, 2.45) is 0 Å². The van der Waals surface area contributed by atoms with Crippen LogP contribution >= 0.6 is 0 Å². The van der Waals surface area contributed by atoms with Crippen LogP contribution < -0.4 is 29.6 Å². The molecule has 0 radical (unpaired) electrons. The molecule has 0 aromatic heterocycles. The van der Waals surface area contributed by atoms with Gasteiger partial charge in [0.1, 0.15) is 49.4 Å². The number of fused-ring (bicyclic) bond motifs is 2. The minimum Gasteiger partial charge on any atom is -0.490 e. The third-order valence-corrected chi connectivity index (χ3v) is 9.33. The largest absolute Gasteiger partial charge is 0.490 e. The molecule has 0 saturated heterocycles. The highest BCUT2D eigenvalue weighted by molar-refractivity contribution is 6.11. The highest BCUT2D eigenvalue weighted by Crippen LogP contribution is 2.43. The van der Waals surface area contributed by atoms with Gasteiger partial charge in [-0.1, -0.05) is 121 Å². The number of carbonyl (C=O) groups is 2. The molecule has 2 amide bonds. The van der Waals surface area contributed by atoms with Gasteiger partial charge in [0.25, 0.3) is 0 Å². The van der Waals surface area contributed by atoms with E-state index in [0.717, 1.165) is 32.7 Å². The Bertz CT molecular complexity index is 2230. The maximum absolute atomic E-state index is 13.2. The Morgan fingerprint density at radius 2 is 0.724 bits per heavy atom. The van der Waals surface area contributed by atoms with Crippen LogP contribution in [0.25, 0.3) is 21.5 Å². The first-order chi connectivity index (χ1) is 28.4. The monoisotopic (exact) mass is 776 g/mol. The van der Waals surface area contributed by atoms with Gasteiger partial charge in [-0.2, -0.15) is 0 Å². The number of carbonyl (C=O) groups excluding carboxylic acids is 2. The summed E-state index contributed by atoms with van der Waals surface area (Å²) in [5, 5.41) is 8.78. The first-order valence-electron chi connectivity index (χ1n) is 19.0. The summed E-state index contributed by atoms with van der Waals surface area (Å²) in [5.41, 5.74) is 3.10. The number of amides is 2. The quantitative estimate of drug-likeness (QED) is 0.0933. The first kappa shape index (κ1) is 39.1. The summed E-state index contributed by atoms with van der Waals surface area (Å²) in [5.74, 6) is 2.45. The van der Waals surface area contributed by atoms with Crippen LogP contribution in [0.15, 0.2) is 158 Å². The standard InChI is InChI=1S/C48H44N2O8/c1-33-17-9-15-27-43(33)49-47(51)57-37(29-53-35-19-5-3-6-20-35)31-55-45-39-23-11-13-25-41(39)46(42-26-14-12-24-40(42)45)56-32-38(30-54-36-21-7-4-8-22-36)58-48(52)50-44-28-16-10-18-34(44)2/h3-28,37-38H,29-32H2,1-2H3,(H,49,51)(H,50,52). The van der Waals surface area contributed by atoms with E-state index in [4.69, 9.17) is 28.4 Å². The van der Waals surface area contributed by atoms with Gasteiger partial charge >= 0.3 is 12.2 Å². The van der Waals surface area contributed by atoms with Crippen molar-refractivity contribution < 1.29 is 38.0 Å². The molecule has 58 heavy (non-hydrogen) atoms. The average molecular weight is 777 g/mol. The molecule has 2 unspecified atom stereocenters. The fraction of sp³-hybridized carbons (Fsp3) is 0.167. The highest BCUT2D eigenvalue weighted by atomic mass is 16.6. The van der Waals surface area contributed by atoms with Crippen LogP contribution in [-0.4, -0.2) is 50.8 Å². The van der Waals surface area contributed by atoms with Gasteiger partial charge in [-0.3, -0.25) is 10.6 Å². The van der Waals surface area contributed by atoms with Gasteiger partial charge in [0.05, 0.1) is 0 Å². The molecule has 2 atom stereocenters. The molecule has 2 N–H and O–H groups in total. The molecule has 0 spiro atoms. The second-order valence-electron chi connectivity index (χ2n) is 13.6. The van der Waals surface area contributed by atoms with Gasteiger partial charge < -0.3 is 28.4 Å². The minimum absolute atomic E-state index is 0.00897. The Kier molecular flexibility index (Phi) is 12.9. The summed E-state index contributed by atoms with van der Waals surface area (Å²) >= 11 is 0. The van der Waals surface area contributed by atoms with Crippen LogP contribution in [0.5, 0.6) is 23.0 Å². The maximum atomic E-state index is 13.2. The Balaban J connectivity index is 1.13. The van der Waals surface area contributed by atoms with Crippen molar-refractivity contribution >= 4 is 45.1 Å². The lowest BCUT2D eigenvalue weighted by Gasteiger charge is -2.23. The van der Waals surface area contributed by atoms with E-state index in [1.807, 2.05) is 172 Å². The smallest absolute Gasteiger partial charge is 0.412 e. The summed E-state index contributed by atoms with van der Waals surface area (Å²) in [6, 6.07) is 49.1. The summed E-state index contributed by atoms with van der Waals surface area (Å²) in [7, 11) is 0. The number of hydrogen-bond donors (Lipinski definition) is 2. The number of rotatable bonds is 16. The van der Waals surface area contributed by atoms with E-state index in [-0.39, 0.29) is 26.4 Å². The van der Waals surface area contributed by atoms with Gasteiger partial charge in [-0.15, -0.1) is 0 Å². The predicted octanol–water partition coefficient (Wildman–Crippen LogP) is 10.8. The Hall–Kier alpha value is -7.20. The van der Waals surface area contributed by atoms with Gasteiger partial charge in [0.15, 0.2) is 12.2 Å². The molecule has 0 aliphatic heterocycles. The second-order valence-corrected chi connectivity index (χ2v) is 13.6. The Labute approximate surface area is 337 Å². The van der Waals surface area contributed by atoms with Crippen molar-refractivity contribution in [3.05, 3.63) is 169 Å². The average Bonchev–Trinajstić information content (AvgIpc) is 3.25. The van der Waals surface area contributed by atoms with Crippen LogP contribution in [0.4, 0.5) is 21.0 Å². The number of anilines is 2. The van der Waals surface area contributed by atoms with Crippen LogP contribution in [0.3, 0.4) is 0 Å². The summed E-state index contributed by atoms with van der Waals surface area (Å²) in [4.78, 5) is 26.4. The number of hydrogen-bond acceptors (Lipinski definition) is 8. The molecular weight excluding hydrogens is 733 g/mol. The van der Waals surface area contributed by atoms with Gasteiger partial charge in [0.2, 0.25) is 0 Å². The summed E-state index contributed by atoms with van der Waals surface area (Å²) in [6.07, 6.45) is -2.82. The fourth-order valence-corrected chi connectivity index (χ4v) is 6.36. The molecule has 0 bridgehead atoms. The first-order valence-corrected chi connectivity index (χ1v) is 19.0. The minimum atomic E-state index is -0.786. The molecule has 10 heteroatoms. The number of ether oxygens (including phenoxy) is 6. The molecule has 0 heterocycles. The van der Waals surface area contributed by atoms with Crippen LogP contribution in [0.1, 0.15) is 11.1 Å². The van der Waals surface area contributed by atoms with Crippen molar-refractivity contribution in [3.63, 3.8) is 0 Å². The van der Waals surface area contributed by atoms with Crippen molar-refractivity contribution in [2.75, 3.05) is 37.1 Å². The van der Waals surface area contributed by atoms with Crippen molar-refractivity contribution in [2.45, 2.75) is 26.1 Å². The lowest BCUT2D eigenvalue weighted by Crippen LogP contribution is -2.33. The number of nitrogens with one attached hydrogen (secondary N) is 2. The maximum Gasteiger partial charge on any atom is 0.412 e. The van der Waals surface area contributed by atoms with E-state index in [2.05, 4.69) is 10.6 Å². The zero-order valence-corrected chi connectivity index (χ0v) is 32.3. The summed E-state index contributed by atoms with van der Waals surface area (Å²) in [6.45, 7) is 3.90. The van der Waals surface area contributed by atoms with Crippen LogP contribution in [0.2, 0.25) is 0 Å². The Morgan fingerprint density at radius 1 is 0.414 bits per heavy atom. The third-order valence-electron chi connectivity index (χ3n) is 9.33. The number of benzene rings is 7. The van der Waals surface area contributed by atoms with Gasteiger partial charge in [0, 0.05) is 32.9 Å². The van der Waals surface area contributed by atoms with Crippen molar-refractivity contribution in [1.82, 2.24) is 0 Å². The molecule has 0 saturated carbocycles. The van der Waals surface area contributed by atoms with Gasteiger partial charge in [-0.25, -0.2) is 9.59 Å². The molecule has 294 valence electrons. The zero-order chi connectivity index (χ0) is 40.1. The predicted molar refractivity (Wildman–Crippen MR) is 226 cm³/mol. The van der Waals surface area contributed by atoms with E-state index in [9.17, 15) is 9.59 Å². The lowest BCUT2D eigenvalue weighted by atomic mass is 10.0. The number of aryl methyl sites for hydroxylation is 2. The van der Waals surface area contributed by atoms with Crippen molar-refractivity contribution in [3.8, 4) is 23.0 Å². The zero-order valence-electron chi connectivity index (χ0n) is 32.3. The van der Waals surface area contributed by atoms with E-state index >= 15 is 0 Å². The molecule has 7 rings (SSSR count). The molecule has 7 aromatic rings. The third kappa shape index (κ3) is 10.2. The molecule has 0 aliphatic rings. The summed E-state index contributed by atoms with van der Waals surface area (Å²) < 4.78 is 37.1. The highest BCUT2D eigenvalue weighted by Gasteiger charge is 2.23. The Morgan fingerprint density at radius 3 is 1.09 bits per heavy atom. The van der Waals surface area contributed by atoms with Crippen molar-refractivity contribution in [1.29, 1.82) is 0 Å². The normalized spacial score (nSPS) is 11.9. The molecule has 0 fully saturated rings. The molecular formula is C48H44N2O8. The van der Waals surface area contributed by atoms with E-state index in [1.54, 1.807) is 0 Å².